The predicted octanol–water partition coefficient (Wildman–Crippen LogP) is 2.67. The Kier molecular flexibility index (Phi) is 6.00. The minimum atomic E-state index is 0.327. The van der Waals surface area contributed by atoms with Crippen molar-refractivity contribution < 1.29 is 0 Å². The Morgan fingerprint density at radius 3 is 2.67 bits per heavy atom. The van der Waals surface area contributed by atoms with Crippen LogP contribution in [-0.4, -0.2) is 49.7 Å². The fraction of sp³-hybridized carbons (Fsp3) is 0.706. The van der Waals surface area contributed by atoms with Crippen LogP contribution in [0.3, 0.4) is 0 Å². The molecule has 0 saturated carbocycles. The number of piperidine rings is 1. The minimum Gasteiger partial charge on any atom is -0.370 e. The molecule has 0 spiro atoms. The summed E-state index contributed by atoms with van der Waals surface area (Å²) in [5.41, 5.74) is 2.36. The lowest BCUT2D eigenvalue weighted by Crippen LogP contribution is -2.42. The van der Waals surface area contributed by atoms with Crippen molar-refractivity contribution in [1.82, 2.24) is 15.2 Å². The molecule has 1 aliphatic heterocycles. The van der Waals surface area contributed by atoms with Crippen LogP contribution in [0.4, 0.5) is 5.69 Å². The van der Waals surface area contributed by atoms with Crippen molar-refractivity contribution in [2.24, 2.45) is 0 Å². The normalized spacial score (nSPS) is 18.7. The van der Waals surface area contributed by atoms with Crippen LogP contribution in [0.25, 0.3) is 0 Å². The molecule has 1 aliphatic rings. The Balaban J connectivity index is 1.94. The van der Waals surface area contributed by atoms with E-state index in [1.165, 1.54) is 31.6 Å². The summed E-state index contributed by atoms with van der Waals surface area (Å²) in [5.74, 6) is 0. The van der Waals surface area contributed by atoms with Gasteiger partial charge in [0.05, 0.1) is 17.6 Å². The van der Waals surface area contributed by atoms with Crippen molar-refractivity contribution in [3.63, 3.8) is 0 Å². The van der Waals surface area contributed by atoms with Crippen LogP contribution in [0.5, 0.6) is 0 Å². The van der Waals surface area contributed by atoms with Crippen molar-refractivity contribution in [3.8, 4) is 0 Å². The van der Waals surface area contributed by atoms with Gasteiger partial charge in [-0.25, -0.2) is 0 Å². The summed E-state index contributed by atoms with van der Waals surface area (Å²) in [6.45, 7) is 7.79. The van der Waals surface area contributed by atoms with E-state index in [1.54, 1.807) is 0 Å². The number of nitrogens with one attached hydrogen (secondary N) is 1. The molecule has 0 aliphatic carbocycles. The van der Waals surface area contributed by atoms with Gasteiger partial charge in [0.1, 0.15) is 0 Å². The topological polar surface area (TPSA) is 31.4 Å². The van der Waals surface area contributed by atoms with Gasteiger partial charge in [-0.1, -0.05) is 6.92 Å². The summed E-state index contributed by atoms with van der Waals surface area (Å²) < 4.78 is 0. The highest BCUT2D eigenvalue weighted by atomic mass is 15.2. The second-order valence-corrected chi connectivity index (χ2v) is 6.26. The second kappa shape index (κ2) is 7.76. The standard InChI is InChI=1S/C17H30N4/c1-5-10-18-14(2)17-7-6-16(13-19-17)21(4)15-8-11-20(3)12-9-15/h6-7,13-15,18H,5,8-12H2,1-4H3. The zero-order chi connectivity index (χ0) is 15.2. The molecule has 0 bridgehead atoms. The van der Waals surface area contributed by atoms with Crippen LogP contribution in [0.15, 0.2) is 18.3 Å². The van der Waals surface area contributed by atoms with Gasteiger partial charge in [0.25, 0.3) is 0 Å². The third-order valence-electron chi connectivity index (χ3n) is 4.56. The number of rotatable bonds is 6. The SMILES string of the molecule is CCCNC(C)c1ccc(N(C)C2CCN(C)CC2)cn1. The van der Waals surface area contributed by atoms with Gasteiger partial charge in [-0.3, -0.25) is 4.98 Å². The van der Waals surface area contributed by atoms with E-state index in [4.69, 9.17) is 0 Å². The molecule has 21 heavy (non-hydrogen) atoms. The van der Waals surface area contributed by atoms with Gasteiger partial charge in [0, 0.05) is 19.1 Å². The molecule has 0 radical (unpaired) electrons. The lowest BCUT2D eigenvalue weighted by Gasteiger charge is -2.36. The number of nitrogens with zero attached hydrogens (tertiary/aromatic N) is 3. The van der Waals surface area contributed by atoms with E-state index in [0.29, 0.717) is 12.1 Å². The summed E-state index contributed by atoms with van der Waals surface area (Å²) in [6.07, 6.45) is 5.66. The first-order valence-corrected chi connectivity index (χ1v) is 8.22. The summed E-state index contributed by atoms with van der Waals surface area (Å²) in [4.78, 5) is 9.45. The lowest BCUT2D eigenvalue weighted by molar-refractivity contribution is 0.253. The molecule has 2 heterocycles. The Hall–Kier alpha value is -1.13. The van der Waals surface area contributed by atoms with E-state index in [2.05, 4.69) is 60.2 Å². The average Bonchev–Trinajstić information content (AvgIpc) is 2.53. The van der Waals surface area contributed by atoms with Crippen LogP contribution in [0, 0.1) is 0 Å². The fourth-order valence-electron chi connectivity index (χ4n) is 2.92. The molecule has 4 nitrogen and oxygen atoms in total. The lowest BCUT2D eigenvalue weighted by atomic mass is 10.0. The van der Waals surface area contributed by atoms with Crippen molar-refractivity contribution in [2.45, 2.75) is 45.2 Å². The third kappa shape index (κ3) is 4.42. The van der Waals surface area contributed by atoms with Gasteiger partial charge in [-0.15, -0.1) is 0 Å². The van der Waals surface area contributed by atoms with Crippen molar-refractivity contribution >= 4 is 5.69 Å². The Labute approximate surface area is 129 Å². The monoisotopic (exact) mass is 290 g/mol. The van der Waals surface area contributed by atoms with Gasteiger partial charge < -0.3 is 15.1 Å². The highest BCUT2D eigenvalue weighted by Crippen LogP contribution is 2.22. The molecule has 1 atom stereocenters. The first-order valence-electron chi connectivity index (χ1n) is 8.22. The molecule has 118 valence electrons. The smallest absolute Gasteiger partial charge is 0.0572 e. The number of hydrogen-bond donors (Lipinski definition) is 1. The predicted molar refractivity (Wildman–Crippen MR) is 89.9 cm³/mol. The average molecular weight is 290 g/mol. The van der Waals surface area contributed by atoms with E-state index in [1.807, 2.05) is 6.20 Å². The maximum Gasteiger partial charge on any atom is 0.0572 e. The van der Waals surface area contributed by atoms with Gasteiger partial charge in [-0.05, 0) is 65.0 Å². The van der Waals surface area contributed by atoms with Gasteiger partial charge in [0.2, 0.25) is 0 Å². The van der Waals surface area contributed by atoms with E-state index >= 15 is 0 Å². The Morgan fingerprint density at radius 2 is 2.10 bits per heavy atom. The van der Waals surface area contributed by atoms with E-state index in [0.717, 1.165) is 18.7 Å². The molecule has 1 fully saturated rings. The van der Waals surface area contributed by atoms with Crippen LogP contribution < -0.4 is 10.2 Å². The van der Waals surface area contributed by atoms with Crippen molar-refractivity contribution in [3.05, 3.63) is 24.0 Å². The summed E-state index contributed by atoms with van der Waals surface area (Å²) in [7, 11) is 4.41. The Bertz CT molecular complexity index is 409. The quantitative estimate of drug-likeness (QED) is 0.873. The zero-order valence-corrected chi connectivity index (χ0v) is 14.0. The molecular formula is C17H30N4. The maximum atomic E-state index is 4.65. The number of hydrogen-bond acceptors (Lipinski definition) is 4. The second-order valence-electron chi connectivity index (χ2n) is 6.26. The van der Waals surface area contributed by atoms with Crippen molar-refractivity contribution in [2.75, 3.05) is 38.6 Å². The molecular weight excluding hydrogens is 260 g/mol. The molecule has 1 aromatic heterocycles. The van der Waals surface area contributed by atoms with Gasteiger partial charge in [-0.2, -0.15) is 0 Å². The number of likely N-dealkylation sites (tertiary alicyclic amines) is 1. The molecule has 0 aromatic carbocycles. The fourth-order valence-corrected chi connectivity index (χ4v) is 2.92. The van der Waals surface area contributed by atoms with E-state index in [9.17, 15) is 0 Å². The highest BCUT2D eigenvalue weighted by Gasteiger charge is 2.21. The molecule has 2 rings (SSSR count). The molecule has 4 heteroatoms. The molecule has 1 aromatic rings. The van der Waals surface area contributed by atoms with Crippen LogP contribution >= 0.6 is 0 Å². The summed E-state index contributed by atoms with van der Waals surface area (Å²) in [5, 5.41) is 3.48. The number of aromatic nitrogens is 1. The van der Waals surface area contributed by atoms with E-state index in [-0.39, 0.29) is 0 Å². The largest absolute Gasteiger partial charge is 0.370 e. The summed E-state index contributed by atoms with van der Waals surface area (Å²) in [6, 6.07) is 5.34. The van der Waals surface area contributed by atoms with Crippen LogP contribution in [0.2, 0.25) is 0 Å². The third-order valence-corrected chi connectivity index (χ3v) is 4.56. The number of pyridine rings is 1. The Morgan fingerprint density at radius 1 is 1.38 bits per heavy atom. The van der Waals surface area contributed by atoms with Gasteiger partial charge >= 0.3 is 0 Å². The maximum absolute atomic E-state index is 4.65. The van der Waals surface area contributed by atoms with Crippen LogP contribution in [0.1, 0.15) is 44.8 Å². The van der Waals surface area contributed by atoms with Gasteiger partial charge in [0.15, 0.2) is 0 Å². The first kappa shape index (κ1) is 16.2. The molecule has 1 saturated heterocycles. The molecule has 0 amide bonds. The molecule has 1 unspecified atom stereocenters. The van der Waals surface area contributed by atoms with Crippen LogP contribution in [-0.2, 0) is 0 Å². The van der Waals surface area contributed by atoms with E-state index < -0.39 is 0 Å². The summed E-state index contributed by atoms with van der Waals surface area (Å²) >= 11 is 0. The minimum absolute atomic E-state index is 0.327. The molecule has 1 N–H and O–H groups in total. The highest BCUT2D eigenvalue weighted by molar-refractivity contribution is 5.45. The van der Waals surface area contributed by atoms with Crippen molar-refractivity contribution in [1.29, 1.82) is 0 Å². The zero-order valence-electron chi connectivity index (χ0n) is 14.0. The first-order chi connectivity index (χ1) is 10.1. The number of anilines is 1.